The van der Waals surface area contributed by atoms with Crippen LogP contribution in [0.2, 0.25) is 0 Å². The average molecular weight is 287 g/mol. The Morgan fingerprint density at radius 3 is 3.05 bits per heavy atom. The molecule has 0 unspecified atom stereocenters. The first kappa shape index (κ1) is 13.6. The van der Waals surface area contributed by atoms with Crippen molar-refractivity contribution in [1.82, 2.24) is 25.2 Å². The summed E-state index contributed by atoms with van der Waals surface area (Å²) in [6.45, 7) is 5.42. The van der Waals surface area contributed by atoms with Crippen LogP contribution in [0, 0.1) is 6.92 Å². The van der Waals surface area contributed by atoms with Gasteiger partial charge in [0.25, 0.3) is 0 Å². The predicted octanol–water partition coefficient (Wildman–Crippen LogP) is 2.01. The van der Waals surface area contributed by atoms with Gasteiger partial charge in [-0.05, 0) is 25.5 Å². The van der Waals surface area contributed by atoms with Crippen LogP contribution < -0.4 is 5.32 Å². The fourth-order valence-corrected chi connectivity index (χ4v) is 2.01. The van der Waals surface area contributed by atoms with E-state index in [1.54, 1.807) is 18.6 Å². The summed E-state index contributed by atoms with van der Waals surface area (Å²) in [7, 11) is 0. The molecule has 0 aliphatic rings. The summed E-state index contributed by atoms with van der Waals surface area (Å²) in [5.74, 6) is 1.09. The fourth-order valence-electron chi connectivity index (χ4n) is 2.01. The molecule has 7 heteroatoms. The Morgan fingerprint density at radius 2 is 2.33 bits per heavy atom. The van der Waals surface area contributed by atoms with Crippen molar-refractivity contribution in [2.45, 2.75) is 33.0 Å². The molecule has 7 nitrogen and oxygen atoms in total. The molecule has 0 amide bonds. The second-order valence-electron chi connectivity index (χ2n) is 5.05. The van der Waals surface area contributed by atoms with Gasteiger partial charge in [-0.25, -0.2) is 0 Å². The van der Waals surface area contributed by atoms with Gasteiger partial charge in [0.15, 0.2) is 0 Å². The van der Waals surface area contributed by atoms with Crippen LogP contribution in [0.4, 0.5) is 0 Å². The van der Waals surface area contributed by atoms with Gasteiger partial charge in [-0.3, -0.25) is 4.68 Å². The number of aryl methyl sites for hydroxylation is 1. The quantitative estimate of drug-likeness (QED) is 0.747. The van der Waals surface area contributed by atoms with Crippen molar-refractivity contribution in [2.24, 2.45) is 0 Å². The lowest BCUT2D eigenvalue weighted by Crippen LogP contribution is -2.30. The molecule has 110 valence electrons. The Bertz CT molecular complexity index is 686. The number of nitrogens with one attached hydrogen (secondary N) is 1. The molecule has 0 saturated heterocycles. The Morgan fingerprint density at radius 1 is 1.43 bits per heavy atom. The number of aromatic nitrogens is 4. The van der Waals surface area contributed by atoms with E-state index in [-0.39, 0.29) is 6.04 Å². The highest BCUT2D eigenvalue weighted by molar-refractivity contribution is 5.51. The molecule has 0 fully saturated rings. The van der Waals surface area contributed by atoms with Crippen LogP contribution in [0.1, 0.15) is 18.4 Å². The van der Waals surface area contributed by atoms with E-state index in [0.29, 0.717) is 18.3 Å². The average Bonchev–Trinajstić information content (AvgIpc) is 3.17. The molecule has 0 bridgehead atoms. The first-order chi connectivity index (χ1) is 10.2. The van der Waals surface area contributed by atoms with Gasteiger partial charge in [-0.15, -0.1) is 0 Å². The van der Waals surface area contributed by atoms with E-state index >= 15 is 0 Å². The summed E-state index contributed by atoms with van der Waals surface area (Å²) in [5, 5.41) is 11.5. The highest BCUT2D eigenvalue weighted by Gasteiger charge is 2.11. The van der Waals surface area contributed by atoms with Gasteiger partial charge in [0.2, 0.25) is 11.7 Å². The normalized spacial score (nSPS) is 12.7. The predicted molar refractivity (Wildman–Crippen MR) is 75.3 cm³/mol. The summed E-state index contributed by atoms with van der Waals surface area (Å²) in [6.07, 6.45) is 7.03. The van der Waals surface area contributed by atoms with Gasteiger partial charge in [-0.1, -0.05) is 5.16 Å². The van der Waals surface area contributed by atoms with Crippen LogP contribution in [0.25, 0.3) is 11.4 Å². The van der Waals surface area contributed by atoms with Crippen LogP contribution in [-0.2, 0) is 13.1 Å². The molecule has 3 aromatic rings. The number of furan rings is 1. The number of rotatable bonds is 6. The topological polar surface area (TPSA) is 81.9 Å². The maximum Gasteiger partial charge on any atom is 0.240 e. The van der Waals surface area contributed by atoms with Crippen LogP contribution >= 0.6 is 0 Å². The monoisotopic (exact) mass is 287 g/mol. The molecular formula is C14H17N5O2. The minimum Gasteiger partial charge on any atom is -0.472 e. The fraction of sp³-hybridized carbons (Fsp3) is 0.357. The van der Waals surface area contributed by atoms with Crippen LogP contribution in [-0.4, -0.2) is 26.0 Å². The molecule has 0 saturated carbocycles. The number of nitrogens with zero attached hydrogens (tertiary/aromatic N) is 4. The Hall–Kier alpha value is -2.41. The van der Waals surface area contributed by atoms with Crippen molar-refractivity contribution in [2.75, 3.05) is 0 Å². The summed E-state index contributed by atoms with van der Waals surface area (Å²) < 4.78 is 12.1. The van der Waals surface area contributed by atoms with Crippen molar-refractivity contribution in [3.8, 4) is 11.4 Å². The van der Waals surface area contributed by atoms with Crippen molar-refractivity contribution in [1.29, 1.82) is 0 Å². The second-order valence-corrected chi connectivity index (χ2v) is 5.05. The molecule has 0 spiro atoms. The zero-order chi connectivity index (χ0) is 14.7. The maximum atomic E-state index is 5.21. The number of hydrogen-bond donors (Lipinski definition) is 1. The SMILES string of the molecule is Cc1cnn(C[C@H](C)NCc2nc(-c3ccoc3)no2)c1. The second kappa shape index (κ2) is 5.92. The highest BCUT2D eigenvalue weighted by Crippen LogP contribution is 2.15. The van der Waals surface area contributed by atoms with E-state index in [1.165, 1.54) is 0 Å². The molecule has 1 atom stereocenters. The van der Waals surface area contributed by atoms with Crippen molar-refractivity contribution < 1.29 is 8.94 Å². The standard InChI is InChI=1S/C14H17N5O2/c1-10-5-16-19(7-10)8-11(2)15-6-13-17-14(18-21-13)12-3-4-20-9-12/h3-5,7,9,11,15H,6,8H2,1-2H3/t11-/m0/s1. The van der Waals surface area contributed by atoms with Crippen LogP contribution in [0.3, 0.4) is 0 Å². The minimum atomic E-state index is 0.244. The van der Waals surface area contributed by atoms with Crippen LogP contribution in [0.15, 0.2) is 39.9 Å². The third-order valence-corrected chi connectivity index (χ3v) is 3.07. The Kier molecular flexibility index (Phi) is 3.83. The molecule has 21 heavy (non-hydrogen) atoms. The summed E-state index contributed by atoms with van der Waals surface area (Å²) in [4.78, 5) is 4.31. The molecule has 3 aromatic heterocycles. The van der Waals surface area contributed by atoms with E-state index in [9.17, 15) is 0 Å². The minimum absolute atomic E-state index is 0.244. The molecule has 3 rings (SSSR count). The molecule has 0 aromatic carbocycles. The third-order valence-electron chi connectivity index (χ3n) is 3.07. The van der Waals surface area contributed by atoms with E-state index < -0.39 is 0 Å². The zero-order valence-electron chi connectivity index (χ0n) is 12.0. The van der Waals surface area contributed by atoms with E-state index in [0.717, 1.165) is 17.7 Å². The molecule has 3 heterocycles. The highest BCUT2D eigenvalue weighted by atomic mass is 16.5. The van der Waals surface area contributed by atoms with Gasteiger partial charge in [-0.2, -0.15) is 10.1 Å². The smallest absolute Gasteiger partial charge is 0.240 e. The largest absolute Gasteiger partial charge is 0.472 e. The summed E-state index contributed by atoms with van der Waals surface area (Å²) in [6, 6.07) is 2.04. The van der Waals surface area contributed by atoms with Crippen molar-refractivity contribution in [3.63, 3.8) is 0 Å². The zero-order valence-corrected chi connectivity index (χ0v) is 12.0. The first-order valence-electron chi connectivity index (χ1n) is 6.78. The third kappa shape index (κ3) is 3.38. The van der Waals surface area contributed by atoms with Gasteiger partial charge >= 0.3 is 0 Å². The van der Waals surface area contributed by atoms with E-state index in [1.807, 2.05) is 24.0 Å². The molecule has 0 radical (unpaired) electrons. The van der Waals surface area contributed by atoms with Gasteiger partial charge in [0.1, 0.15) is 6.26 Å². The lowest BCUT2D eigenvalue weighted by Gasteiger charge is -2.11. The molecule has 1 N–H and O–H groups in total. The lowest BCUT2D eigenvalue weighted by molar-refractivity contribution is 0.350. The Labute approximate surface area is 122 Å². The van der Waals surface area contributed by atoms with Gasteiger partial charge < -0.3 is 14.3 Å². The molecular weight excluding hydrogens is 270 g/mol. The van der Waals surface area contributed by atoms with Crippen molar-refractivity contribution in [3.05, 3.63) is 42.4 Å². The van der Waals surface area contributed by atoms with Gasteiger partial charge in [0.05, 0.1) is 31.1 Å². The van der Waals surface area contributed by atoms with E-state index in [2.05, 4.69) is 27.5 Å². The maximum absolute atomic E-state index is 5.21. The summed E-state index contributed by atoms with van der Waals surface area (Å²) in [5.41, 5.74) is 1.97. The molecule has 0 aliphatic carbocycles. The first-order valence-corrected chi connectivity index (χ1v) is 6.78. The van der Waals surface area contributed by atoms with Crippen LogP contribution in [0.5, 0.6) is 0 Å². The summed E-state index contributed by atoms with van der Waals surface area (Å²) >= 11 is 0. The Balaban J connectivity index is 1.53. The van der Waals surface area contributed by atoms with Gasteiger partial charge in [0, 0.05) is 12.2 Å². The van der Waals surface area contributed by atoms with E-state index in [4.69, 9.17) is 8.94 Å². The molecule has 0 aliphatic heterocycles. The number of hydrogen-bond acceptors (Lipinski definition) is 6. The van der Waals surface area contributed by atoms with Crippen molar-refractivity contribution >= 4 is 0 Å². The lowest BCUT2D eigenvalue weighted by atomic mass is 10.3.